The van der Waals surface area contributed by atoms with E-state index in [0.29, 0.717) is 12.0 Å². The summed E-state index contributed by atoms with van der Waals surface area (Å²) in [4.78, 5) is 11.9. The van der Waals surface area contributed by atoms with Gasteiger partial charge in [0.05, 0.1) is 0 Å². The van der Waals surface area contributed by atoms with Crippen LogP contribution in [0.5, 0.6) is 0 Å². The molecule has 1 N–H and O–H groups in total. The van der Waals surface area contributed by atoms with Crippen LogP contribution in [0.2, 0.25) is 0 Å². The number of ketones is 1. The van der Waals surface area contributed by atoms with Gasteiger partial charge >= 0.3 is 0 Å². The number of unbranched alkanes of at least 4 members (excludes halogenated alkanes) is 4. The number of aliphatic hydroxyl groups excluding tert-OH is 1. The molecule has 0 saturated carbocycles. The van der Waals surface area contributed by atoms with Gasteiger partial charge in [-0.25, -0.2) is 0 Å². The lowest BCUT2D eigenvalue weighted by Gasteiger charge is -2.06. The largest absolute Gasteiger partial charge is 0.385 e. The first-order valence-corrected chi connectivity index (χ1v) is 7.18. The lowest BCUT2D eigenvalue weighted by atomic mass is 10.0. The van der Waals surface area contributed by atoms with Crippen molar-refractivity contribution in [3.8, 4) is 0 Å². The molecule has 0 radical (unpaired) electrons. The molecule has 0 bridgehead atoms. The van der Waals surface area contributed by atoms with Crippen molar-refractivity contribution >= 4 is 5.78 Å². The van der Waals surface area contributed by atoms with Crippen LogP contribution >= 0.6 is 0 Å². The maximum absolute atomic E-state index is 11.9. The molecule has 1 aromatic carbocycles. The van der Waals surface area contributed by atoms with Crippen molar-refractivity contribution in [3.05, 3.63) is 48.0 Å². The highest BCUT2D eigenvalue weighted by Crippen LogP contribution is 2.08. The molecule has 0 aromatic heterocycles. The van der Waals surface area contributed by atoms with E-state index < -0.39 is 6.10 Å². The third-order valence-corrected chi connectivity index (χ3v) is 3.11. The zero-order valence-corrected chi connectivity index (χ0v) is 11.7. The molecule has 0 spiro atoms. The Hall–Kier alpha value is -1.41. The molecule has 0 heterocycles. The summed E-state index contributed by atoms with van der Waals surface area (Å²) in [6.07, 6.45) is 9.47. The third kappa shape index (κ3) is 6.35. The van der Waals surface area contributed by atoms with Crippen LogP contribution in [0, 0.1) is 0 Å². The second-order valence-corrected chi connectivity index (χ2v) is 4.80. The van der Waals surface area contributed by atoms with E-state index in [1.54, 1.807) is 12.1 Å². The van der Waals surface area contributed by atoms with E-state index >= 15 is 0 Å². The smallest absolute Gasteiger partial charge is 0.191 e. The molecule has 19 heavy (non-hydrogen) atoms. The van der Waals surface area contributed by atoms with Crippen LogP contribution in [-0.2, 0) is 0 Å². The summed E-state index contributed by atoms with van der Waals surface area (Å²) < 4.78 is 0. The highest BCUT2D eigenvalue weighted by atomic mass is 16.3. The van der Waals surface area contributed by atoms with Gasteiger partial charge in [0, 0.05) is 5.56 Å². The molecule has 1 rings (SSSR count). The van der Waals surface area contributed by atoms with E-state index in [9.17, 15) is 9.90 Å². The molecule has 0 fully saturated rings. The quantitative estimate of drug-likeness (QED) is 0.411. The Bertz CT molecular complexity index is 382. The first-order chi connectivity index (χ1) is 9.25. The number of hydrogen-bond donors (Lipinski definition) is 1. The summed E-state index contributed by atoms with van der Waals surface area (Å²) in [5, 5.41) is 9.81. The molecule has 0 saturated heterocycles. The van der Waals surface area contributed by atoms with Crippen molar-refractivity contribution in [1.29, 1.82) is 0 Å². The lowest BCUT2D eigenvalue weighted by molar-refractivity contribution is 0.0753. The van der Waals surface area contributed by atoms with E-state index in [2.05, 4.69) is 13.0 Å². The van der Waals surface area contributed by atoms with Crippen LogP contribution in [0.3, 0.4) is 0 Å². The molecule has 1 atom stereocenters. The highest BCUT2D eigenvalue weighted by molar-refractivity contribution is 5.99. The van der Waals surface area contributed by atoms with Crippen LogP contribution in [0.25, 0.3) is 0 Å². The van der Waals surface area contributed by atoms with Gasteiger partial charge in [0.2, 0.25) is 0 Å². The number of hydrogen-bond acceptors (Lipinski definition) is 2. The molecule has 0 aliphatic rings. The van der Waals surface area contributed by atoms with Crippen LogP contribution in [0.1, 0.15) is 55.8 Å². The summed E-state index contributed by atoms with van der Waals surface area (Å²) in [6.45, 7) is 2.20. The van der Waals surface area contributed by atoms with Crippen LogP contribution < -0.4 is 0 Å². The SMILES string of the molecule is CCCCCC/C=C/CC(O)C(=O)c1ccccc1. The normalized spacial score (nSPS) is 12.7. The fraction of sp³-hybridized carbons (Fsp3) is 0.471. The van der Waals surface area contributed by atoms with E-state index in [1.165, 1.54) is 25.7 Å². The van der Waals surface area contributed by atoms with Crippen LogP contribution in [0.4, 0.5) is 0 Å². The summed E-state index contributed by atoms with van der Waals surface area (Å²) >= 11 is 0. The van der Waals surface area contributed by atoms with Crippen molar-refractivity contribution in [1.82, 2.24) is 0 Å². The van der Waals surface area contributed by atoms with Crippen molar-refractivity contribution in [2.24, 2.45) is 0 Å². The molecule has 0 aliphatic heterocycles. The minimum absolute atomic E-state index is 0.198. The molecule has 0 amide bonds. The molecule has 2 nitrogen and oxygen atoms in total. The Labute approximate surface area is 116 Å². The standard InChI is InChI=1S/C17H24O2/c1-2-3-4-5-6-7-11-14-16(18)17(19)15-12-9-8-10-13-15/h7-13,16,18H,2-6,14H2,1H3/b11-7+. The van der Waals surface area contributed by atoms with Gasteiger partial charge in [-0.15, -0.1) is 0 Å². The second kappa shape index (κ2) is 9.51. The monoisotopic (exact) mass is 260 g/mol. The van der Waals surface area contributed by atoms with Gasteiger partial charge in [-0.2, -0.15) is 0 Å². The molecule has 1 unspecified atom stereocenters. The van der Waals surface area contributed by atoms with Gasteiger partial charge in [-0.05, 0) is 19.3 Å². The number of Topliss-reactive ketones (excluding diaryl/α,β-unsaturated/α-hetero) is 1. The van der Waals surface area contributed by atoms with Gasteiger partial charge in [-0.1, -0.05) is 68.7 Å². The van der Waals surface area contributed by atoms with Crippen molar-refractivity contribution in [2.45, 2.75) is 51.6 Å². The molecule has 104 valence electrons. The second-order valence-electron chi connectivity index (χ2n) is 4.80. The number of carbonyl (C=O) groups is 1. The Balaban J connectivity index is 2.25. The van der Waals surface area contributed by atoms with Crippen molar-refractivity contribution in [3.63, 3.8) is 0 Å². The van der Waals surface area contributed by atoms with E-state index in [4.69, 9.17) is 0 Å². The Morgan fingerprint density at radius 3 is 2.58 bits per heavy atom. The Kier molecular flexibility index (Phi) is 7.83. The van der Waals surface area contributed by atoms with Crippen molar-refractivity contribution < 1.29 is 9.90 Å². The predicted octanol–water partition coefficient (Wildman–Crippen LogP) is 4.15. The van der Waals surface area contributed by atoms with Gasteiger partial charge < -0.3 is 5.11 Å². The summed E-state index contributed by atoms with van der Waals surface area (Å²) in [6, 6.07) is 8.95. The number of carbonyl (C=O) groups excluding carboxylic acids is 1. The van der Waals surface area contributed by atoms with Crippen LogP contribution in [-0.4, -0.2) is 17.0 Å². The predicted molar refractivity (Wildman–Crippen MR) is 79.3 cm³/mol. The van der Waals surface area contributed by atoms with Gasteiger partial charge in [0.25, 0.3) is 0 Å². The van der Waals surface area contributed by atoms with Gasteiger partial charge in [0.15, 0.2) is 5.78 Å². The molecular formula is C17H24O2. The molecular weight excluding hydrogens is 236 g/mol. The maximum atomic E-state index is 11.9. The Morgan fingerprint density at radius 1 is 1.16 bits per heavy atom. The average Bonchev–Trinajstić information content (AvgIpc) is 2.46. The molecule has 0 aliphatic carbocycles. The first-order valence-electron chi connectivity index (χ1n) is 7.18. The minimum Gasteiger partial charge on any atom is -0.385 e. The van der Waals surface area contributed by atoms with Crippen molar-refractivity contribution in [2.75, 3.05) is 0 Å². The first kappa shape index (κ1) is 15.6. The zero-order chi connectivity index (χ0) is 13.9. The minimum atomic E-state index is -0.922. The van der Waals surface area contributed by atoms with Gasteiger partial charge in [0.1, 0.15) is 6.10 Å². The fourth-order valence-corrected chi connectivity index (χ4v) is 1.93. The number of rotatable bonds is 9. The average molecular weight is 260 g/mol. The summed E-state index contributed by atoms with van der Waals surface area (Å²) in [7, 11) is 0. The molecule has 2 heteroatoms. The lowest BCUT2D eigenvalue weighted by Crippen LogP contribution is -2.19. The zero-order valence-electron chi connectivity index (χ0n) is 11.7. The third-order valence-electron chi connectivity index (χ3n) is 3.11. The Morgan fingerprint density at radius 2 is 1.89 bits per heavy atom. The summed E-state index contributed by atoms with van der Waals surface area (Å²) in [5.74, 6) is -0.198. The topological polar surface area (TPSA) is 37.3 Å². The summed E-state index contributed by atoms with van der Waals surface area (Å²) in [5.41, 5.74) is 0.575. The maximum Gasteiger partial charge on any atom is 0.191 e. The molecule has 1 aromatic rings. The van der Waals surface area contributed by atoms with Gasteiger partial charge in [-0.3, -0.25) is 4.79 Å². The fourth-order valence-electron chi connectivity index (χ4n) is 1.93. The number of benzene rings is 1. The highest BCUT2D eigenvalue weighted by Gasteiger charge is 2.14. The number of aliphatic hydroxyl groups is 1. The van der Waals surface area contributed by atoms with E-state index in [-0.39, 0.29) is 5.78 Å². The van der Waals surface area contributed by atoms with Crippen LogP contribution in [0.15, 0.2) is 42.5 Å². The van der Waals surface area contributed by atoms with E-state index in [1.807, 2.05) is 24.3 Å². The van der Waals surface area contributed by atoms with E-state index in [0.717, 1.165) is 6.42 Å². The number of allylic oxidation sites excluding steroid dienone is 1.